The van der Waals surface area contributed by atoms with Gasteiger partial charge >= 0.3 is 0 Å². The molecule has 1 N–H and O–H groups in total. The topological polar surface area (TPSA) is 29.5 Å². The quantitative estimate of drug-likeness (QED) is 0.469. The summed E-state index contributed by atoms with van der Waals surface area (Å²) in [6.45, 7) is 6.15. The van der Waals surface area contributed by atoms with Crippen molar-refractivity contribution in [2.24, 2.45) is 5.92 Å². The zero-order valence-electron chi connectivity index (χ0n) is 6.42. The first-order valence-corrected chi connectivity index (χ1v) is 3.52. The Morgan fingerprint density at radius 2 is 2.00 bits per heavy atom. The van der Waals surface area contributed by atoms with Gasteiger partial charge in [0, 0.05) is 0 Å². The molecule has 0 saturated carbocycles. The average molecular weight is 132 g/mol. The molecule has 1 unspecified atom stereocenters. The molecule has 0 bridgehead atoms. The molecule has 0 aliphatic carbocycles. The molecule has 1 atom stereocenters. The minimum absolute atomic E-state index is 0.0231. The van der Waals surface area contributed by atoms with E-state index >= 15 is 0 Å². The summed E-state index contributed by atoms with van der Waals surface area (Å²) in [5, 5.41) is 8.33. The molecule has 0 spiro atoms. The average Bonchev–Trinajstić information content (AvgIpc) is 1.82. The molecule has 56 valence electrons. The first-order valence-electron chi connectivity index (χ1n) is 3.52. The lowest BCUT2D eigenvalue weighted by Gasteiger charge is -2.15. The summed E-state index contributed by atoms with van der Waals surface area (Å²) in [4.78, 5) is 4.25. The van der Waals surface area contributed by atoms with Gasteiger partial charge in [-0.2, -0.15) is 0 Å². The first kappa shape index (κ1) is 8.92. The maximum absolute atomic E-state index is 8.33. The third-order valence-electron chi connectivity index (χ3n) is 1.45. The van der Waals surface area contributed by atoms with Gasteiger partial charge in [0.2, 0.25) is 0 Å². The van der Waals surface area contributed by atoms with Crippen LogP contribution < -0.4 is 0 Å². The van der Waals surface area contributed by atoms with Gasteiger partial charge in [0.25, 0.3) is 0 Å². The Kier molecular flexibility index (Phi) is 4.72. The molecule has 0 rings (SSSR count). The molecule has 0 radical (unpaired) electrons. The highest BCUT2D eigenvalue weighted by molar-refractivity contribution is 4.58. The van der Waals surface area contributed by atoms with Crippen LogP contribution in [-0.4, -0.2) is 11.4 Å². The van der Waals surface area contributed by atoms with Crippen LogP contribution in [0.1, 0.15) is 33.6 Å². The first-order chi connectivity index (χ1) is 4.22. The molecular formula is C7H16O2. The van der Waals surface area contributed by atoms with Gasteiger partial charge in [-0.15, -0.1) is 0 Å². The van der Waals surface area contributed by atoms with Crippen molar-refractivity contribution in [1.82, 2.24) is 0 Å². The summed E-state index contributed by atoms with van der Waals surface area (Å²) in [5.41, 5.74) is 0. The molecule has 0 amide bonds. The molecule has 0 fully saturated rings. The van der Waals surface area contributed by atoms with E-state index < -0.39 is 0 Å². The highest BCUT2D eigenvalue weighted by Gasteiger charge is 2.11. The fourth-order valence-corrected chi connectivity index (χ4v) is 0.792. The number of hydrogen-bond donors (Lipinski definition) is 1. The van der Waals surface area contributed by atoms with Crippen LogP contribution in [0.2, 0.25) is 0 Å². The largest absolute Gasteiger partial charge is 0.252 e. The van der Waals surface area contributed by atoms with E-state index in [2.05, 4.69) is 11.8 Å². The van der Waals surface area contributed by atoms with Crippen molar-refractivity contribution in [3.05, 3.63) is 0 Å². The Balaban J connectivity index is 3.41. The Hall–Kier alpha value is -0.0800. The van der Waals surface area contributed by atoms with Crippen molar-refractivity contribution in [3.63, 3.8) is 0 Å². The second-order valence-electron chi connectivity index (χ2n) is 2.68. The summed E-state index contributed by atoms with van der Waals surface area (Å²) in [6, 6.07) is 0. The van der Waals surface area contributed by atoms with Gasteiger partial charge in [-0.3, -0.25) is 5.26 Å². The van der Waals surface area contributed by atoms with Crippen LogP contribution in [0.5, 0.6) is 0 Å². The van der Waals surface area contributed by atoms with E-state index in [1.807, 2.05) is 13.8 Å². The third-order valence-corrected chi connectivity index (χ3v) is 1.45. The summed E-state index contributed by atoms with van der Waals surface area (Å²) < 4.78 is 0. The van der Waals surface area contributed by atoms with Gasteiger partial charge in [-0.05, 0) is 12.3 Å². The lowest BCUT2D eigenvalue weighted by Crippen LogP contribution is -2.17. The summed E-state index contributed by atoms with van der Waals surface area (Å²) in [5.74, 6) is 0.412. The van der Waals surface area contributed by atoms with Gasteiger partial charge in [0.05, 0.1) is 6.10 Å². The van der Waals surface area contributed by atoms with E-state index in [0.717, 1.165) is 12.8 Å². The van der Waals surface area contributed by atoms with Crippen molar-refractivity contribution in [2.45, 2.75) is 39.7 Å². The normalized spacial score (nSPS) is 14.3. The molecule has 2 heteroatoms. The third kappa shape index (κ3) is 3.49. The van der Waals surface area contributed by atoms with Crippen LogP contribution >= 0.6 is 0 Å². The predicted octanol–water partition coefficient (Wildman–Crippen LogP) is 2.30. The Bertz CT molecular complexity index is 61.9. The highest BCUT2D eigenvalue weighted by atomic mass is 17.1. The molecule has 0 heterocycles. The van der Waals surface area contributed by atoms with Crippen LogP contribution in [0.15, 0.2) is 0 Å². The molecule has 0 aliphatic rings. The van der Waals surface area contributed by atoms with E-state index in [1.54, 1.807) is 0 Å². The molecule has 9 heavy (non-hydrogen) atoms. The molecule has 0 aliphatic heterocycles. The van der Waals surface area contributed by atoms with Gasteiger partial charge in [-0.25, -0.2) is 4.89 Å². The SMILES string of the molecule is CCCC(OO)C(C)C. The van der Waals surface area contributed by atoms with Crippen LogP contribution in [0.4, 0.5) is 0 Å². The molecule has 0 aromatic carbocycles. The lowest BCUT2D eigenvalue weighted by molar-refractivity contribution is -0.289. The maximum Gasteiger partial charge on any atom is 0.0950 e. The van der Waals surface area contributed by atoms with Gasteiger partial charge in [0.15, 0.2) is 0 Å². The van der Waals surface area contributed by atoms with Crippen LogP contribution in [0, 0.1) is 5.92 Å². The summed E-state index contributed by atoms with van der Waals surface area (Å²) in [6.07, 6.45) is 2.02. The van der Waals surface area contributed by atoms with E-state index in [4.69, 9.17) is 5.26 Å². The maximum atomic E-state index is 8.33. The molecule has 0 aromatic rings. The predicted molar refractivity (Wildman–Crippen MR) is 37.2 cm³/mol. The second kappa shape index (κ2) is 4.77. The van der Waals surface area contributed by atoms with Crippen molar-refractivity contribution >= 4 is 0 Å². The minimum Gasteiger partial charge on any atom is -0.252 e. The van der Waals surface area contributed by atoms with Crippen molar-refractivity contribution in [1.29, 1.82) is 0 Å². The minimum atomic E-state index is 0.0231. The van der Waals surface area contributed by atoms with Crippen LogP contribution in [0.3, 0.4) is 0 Å². The number of hydrogen-bond acceptors (Lipinski definition) is 2. The van der Waals surface area contributed by atoms with Crippen molar-refractivity contribution in [3.8, 4) is 0 Å². The second-order valence-corrected chi connectivity index (χ2v) is 2.68. The van der Waals surface area contributed by atoms with Crippen LogP contribution in [0.25, 0.3) is 0 Å². The van der Waals surface area contributed by atoms with Crippen LogP contribution in [-0.2, 0) is 4.89 Å². The summed E-state index contributed by atoms with van der Waals surface area (Å²) in [7, 11) is 0. The fraction of sp³-hybridized carbons (Fsp3) is 1.00. The van der Waals surface area contributed by atoms with E-state index in [1.165, 1.54) is 0 Å². The van der Waals surface area contributed by atoms with Gasteiger partial charge in [-0.1, -0.05) is 27.2 Å². The van der Waals surface area contributed by atoms with E-state index in [0.29, 0.717) is 5.92 Å². The lowest BCUT2D eigenvalue weighted by atomic mass is 10.0. The molecular weight excluding hydrogens is 116 g/mol. The highest BCUT2D eigenvalue weighted by Crippen LogP contribution is 2.10. The van der Waals surface area contributed by atoms with Gasteiger partial charge in [0.1, 0.15) is 0 Å². The Labute approximate surface area is 56.8 Å². The Morgan fingerprint density at radius 1 is 1.44 bits per heavy atom. The molecule has 0 saturated heterocycles. The molecule has 2 nitrogen and oxygen atoms in total. The number of rotatable bonds is 4. The zero-order chi connectivity index (χ0) is 7.28. The van der Waals surface area contributed by atoms with E-state index in [-0.39, 0.29) is 6.10 Å². The monoisotopic (exact) mass is 132 g/mol. The standard InChI is InChI=1S/C7H16O2/c1-4-5-7(9-8)6(2)3/h6-8H,4-5H2,1-3H3. The fourth-order valence-electron chi connectivity index (χ4n) is 0.792. The zero-order valence-corrected chi connectivity index (χ0v) is 6.42. The smallest absolute Gasteiger partial charge is 0.0950 e. The summed E-state index contributed by atoms with van der Waals surface area (Å²) >= 11 is 0. The van der Waals surface area contributed by atoms with E-state index in [9.17, 15) is 0 Å². The van der Waals surface area contributed by atoms with Gasteiger partial charge < -0.3 is 0 Å². The Morgan fingerprint density at radius 3 is 2.11 bits per heavy atom. The molecule has 0 aromatic heterocycles. The van der Waals surface area contributed by atoms with Crippen molar-refractivity contribution < 1.29 is 10.1 Å². The van der Waals surface area contributed by atoms with Crippen molar-refractivity contribution in [2.75, 3.05) is 0 Å².